The number of halogens is 1. The quantitative estimate of drug-likeness (QED) is 0.329. The van der Waals surface area contributed by atoms with Crippen molar-refractivity contribution >= 4 is 34.7 Å². The maximum absolute atomic E-state index is 11.9. The van der Waals surface area contributed by atoms with E-state index in [1.807, 2.05) is 42.5 Å². The van der Waals surface area contributed by atoms with Gasteiger partial charge in [-0.2, -0.15) is 0 Å². The molecule has 9 nitrogen and oxygen atoms in total. The number of nitrogens with two attached hydrogens (primary N) is 1. The number of amides is 1. The molecule has 2 aromatic carbocycles. The molecule has 3 aliphatic heterocycles. The van der Waals surface area contributed by atoms with Crippen LogP contribution in [0.15, 0.2) is 60.7 Å². The van der Waals surface area contributed by atoms with Crippen LogP contribution in [0.3, 0.4) is 0 Å². The van der Waals surface area contributed by atoms with Crippen LogP contribution in [0.25, 0.3) is 5.57 Å². The molecule has 0 radical (unpaired) electrons. The summed E-state index contributed by atoms with van der Waals surface area (Å²) in [4.78, 5) is 32.6. The lowest BCUT2D eigenvalue weighted by Gasteiger charge is -2.38. The Labute approximate surface area is 261 Å². The summed E-state index contributed by atoms with van der Waals surface area (Å²) >= 11 is 6.05. The molecular formula is C34H37ClN4O5. The van der Waals surface area contributed by atoms with Gasteiger partial charge in [0.2, 0.25) is 5.88 Å². The summed E-state index contributed by atoms with van der Waals surface area (Å²) in [5.41, 5.74) is 9.64. The molecule has 0 bridgehead atoms. The number of aliphatic carboxylic acids is 1. The SMILES string of the molecule is NC(=O)c1ccc2c(n1)Oc1cccc(N3CCC(C(=O)O)CC3)c1CC2=CCCN1CCC(O)(c2ccc(Cl)cc2)CC1. The van der Waals surface area contributed by atoms with Gasteiger partial charge in [-0.3, -0.25) is 9.59 Å². The number of aliphatic hydroxyl groups is 1. The molecule has 3 aliphatic rings. The van der Waals surface area contributed by atoms with Gasteiger partial charge in [-0.15, -0.1) is 0 Å². The van der Waals surface area contributed by atoms with E-state index in [1.165, 1.54) is 0 Å². The lowest BCUT2D eigenvalue weighted by molar-refractivity contribution is -0.142. The number of carboxylic acids is 1. The number of nitrogens with zero attached hydrogens (tertiary/aromatic N) is 3. The molecule has 0 saturated carbocycles. The van der Waals surface area contributed by atoms with Crippen LogP contribution in [0.1, 0.15) is 59.3 Å². The molecule has 1 amide bonds. The van der Waals surface area contributed by atoms with Crippen LogP contribution in [0, 0.1) is 5.92 Å². The van der Waals surface area contributed by atoms with Gasteiger partial charge in [0.05, 0.1) is 11.5 Å². The average molecular weight is 617 g/mol. The first-order valence-corrected chi connectivity index (χ1v) is 15.6. The number of benzene rings is 2. The highest BCUT2D eigenvalue weighted by molar-refractivity contribution is 6.30. The summed E-state index contributed by atoms with van der Waals surface area (Å²) < 4.78 is 6.36. The van der Waals surface area contributed by atoms with Gasteiger partial charge in [0.1, 0.15) is 11.4 Å². The van der Waals surface area contributed by atoms with Gasteiger partial charge in [0.15, 0.2) is 0 Å². The number of carbonyl (C=O) groups is 2. The number of carbonyl (C=O) groups excluding carboxylic acids is 1. The fourth-order valence-electron chi connectivity index (χ4n) is 6.58. The Kier molecular flexibility index (Phi) is 8.62. The van der Waals surface area contributed by atoms with E-state index in [9.17, 15) is 19.8 Å². The van der Waals surface area contributed by atoms with E-state index in [0.29, 0.717) is 61.8 Å². The lowest BCUT2D eigenvalue weighted by Crippen LogP contribution is -2.42. The molecule has 2 fully saturated rings. The minimum Gasteiger partial charge on any atom is -0.481 e. The van der Waals surface area contributed by atoms with Crippen molar-refractivity contribution in [2.75, 3.05) is 37.6 Å². The largest absolute Gasteiger partial charge is 0.481 e. The number of carboxylic acid groups (broad SMARTS) is 1. The second kappa shape index (κ2) is 12.6. The molecule has 3 aromatic rings. The molecule has 4 heterocycles. The number of pyridine rings is 1. The van der Waals surface area contributed by atoms with Gasteiger partial charge >= 0.3 is 5.97 Å². The van der Waals surface area contributed by atoms with Crippen molar-refractivity contribution in [1.29, 1.82) is 0 Å². The minimum absolute atomic E-state index is 0.139. The number of likely N-dealkylation sites (tertiary alicyclic amines) is 1. The highest BCUT2D eigenvalue weighted by Crippen LogP contribution is 2.43. The van der Waals surface area contributed by atoms with E-state index in [2.05, 4.69) is 26.9 Å². The molecule has 230 valence electrons. The van der Waals surface area contributed by atoms with Crippen molar-refractivity contribution in [1.82, 2.24) is 9.88 Å². The Morgan fingerprint density at radius 2 is 1.77 bits per heavy atom. The van der Waals surface area contributed by atoms with Crippen LogP contribution in [0.2, 0.25) is 5.02 Å². The number of primary amides is 1. The van der Waals surface area contributed by atoms with Crippen LogP contribution in [0.4, 0.5) is 5.69 Å². The van der Waals surface area contributed by atoms with E-state index >= 15 is 0 Å². The number of aromatic nitrogens is 1. The summed E-state index contributed by atoms with van der Waals surface area (Å²) in [5, 5.41) is 21.4. The topological polar surface area (TPSA) is 129 Å². The van der Waals surface area contributed by atoms with Gasteiger partial charge in [-0.05, 0) is 79.6 Å². The van der Waals surface area contributed by atoms with Crippen LogP contribution >= 0.6 is 11.6 Å². The van der Waals surface area contributed by atoms with Crippen molar-refractivity contribution < 1.29 is 24.5 Å². The molecule has 44 heavy (non-hydrogen) atoms. The zero-order valence-electron chi connectivity index (χ0n) is 24.5. The molecule has 0 spiro atoms. The smallest absolute Gasteiger partial charge is 0.306 e. The van der Waals surface area contributed by atoms with E-state index in [-0.39, 0.29) is 11.6 Å². The highest BCUT2D eigenvalue weighted by atomic mass is 35.5. The number of rotatable bonds is 7. The number of hydrogen-bond acceptors (Lipinski definition) is 7. The first kappa shape index (κ1) is 30.1. The third kappa shape index (κ3) is 6.31. The van der Waals surface area contributed by atoms with E-state index in [0.717, 1.165) is 54.0 Å². The fraction of sp³-hybridized carbons (Fsp3) is 0.382. The summed E-state index contributed by atoms with van der Waals surface area (Å²) in [7, 11) is 0. The minimum atomic E-state index is -0.847. The molecule has 10 heteroatoms. The van der Waals surface area contributed by atoms with Crippen LogP contribution in [-0.4, -0.2) is 64.7 Å². The molecule has 2 saturated heterocycles. The Balaban J connectivity index is 1.22. The van der Waals surface area contributed by atoms with Crippen molar-refractivity contribution in [2.45, 2.75) is 44.1 Å². The van der Waals surface area contributed by atoms with Crippen molar-refractivity contribution in [2.24, 2.45) is 11.7 Å². The third-order valence-corrected chi connectivity index (χ3v) is 9.48. The maximum Gasteiger partial charge on any atom is 0.306 e. The van der Waals surface area contributed by atoms with Crippen molar-refractivity contribution in [3.8, 4) is 11.6 Å². The lowest BCUT2D eigenvalue weighted by atomic mass is 9.84. The molecule has 0 atom stereocenters. The molecular weight excluding hydrogens is 580 g/mol. The number of allylic oxidation sites excluding steroid dienone is 1. The first-order chi connectivity index (χ1) is 21.2. The van der Waals surface area contributed by atoms with Crippen molar-refractivity contribution in [3.63, 3.8) is 0 Å². The monoisotopic (exact) mass is 616 g/mol. The number of anilines is 1. The standard InChI is InChI=1S/C34H37ClN4O5/c35-25-8-6-24(7-9-25)34(43)14-19-38(20-15-34)16-2-3-23-21-27-29(39-17-12-22(13-18-39)33(41)42)4-1-5-30(27)44-32-26(23)10-11-28(37-32)31(36)40/h1,3-11,22,43H,2,12-21H2,(H2,36,40)(H,41,42). The number of hydrogen-bond donors (Lipinski definition) is 3. The second-order valence-corrected chi connectivity index (χ2v) is 12.4. The Hall–Kier alpha value is -3.92. The third-order valence-electron chi connectivity index (χ3n) is 9.23. The average Bonchev–Trinajstić information content (AvgIpc) is 3.18. The Bertz CT molecular complexity index is 1570. The molecule has 0 aliphatic carbocycles. The molecule has 6 rings (SSSR count). The van der Waals surface area contributed by atoms with Gasteiger partial charge in [-0.25, -0.2) is 4.98 Å². The van der Waals surface area contributed by atoms with E-state index < -0.39 is 17.5 Å². The molecule has 1 aromatic heterocycles. The first-order valence-electron chi connectivity index (χ1n) is 15.2. The zero-order valence-corrected chi connectivity index (χ0v) is 25.3. The number of ether oxygens (including phenoxy) is 1. The molecule has 0 unspecified atom stereocenters. The number of fused-ring (bicyclic) bond motifs is 2. The van der Waals surface area contributed by atoms with Gasteiger partial charge in [0.25, 0.3) is 5.91 Å². The Morgan fingerprint density at radius 3 is 2.45 bits per heavy atom. The van der Waals surface area contributed by atoms with Crippen LogP contribution in [-0.2, 0) is 16.8 Å². The summed E-state index contributed by atoms with van der Waals surface area (Å²) in [6.45, 7) is 3.71. The van der Waals surface area contributed by atoms with Gasteiger partial charge in [0, 0.05) is 61.0 Å². The van der Waals surface area contributed by atoms with Crippen molar-refractivity contribution in [3.05, 3.63) is 88.1 Å². The summed E-state index contributed by atoms with van der Waals surface area (Å²) in [6, 6.07) is 16.9. The molecule has 4 N–H and O–H groups in total. The predicted molar refractivity (Wildman–Crippen MR) is 169 cm³/mol. The summed E-state index contributed by atoms with van der Waals surface area (Å²) in [6.07, 6.45) is 6.09. The van der Waals surface area contributed by atoms with Gasteiger partial charge in [-0.1, -0.05) is 35.9 Å². The Morgan fingerprint density at radius 1 is 1.05 bits per heavy atom. The predicted octanol–water partition coefficient (Wildman–Crippen LogP) is 5.24. The van der Waals surface area contributed by atoms with Gasteiger partial charge < -0.3 is 30.5 Å². The van der Waals surface area contributed by atoms with E-state index in [4.69, 9.17) is 22.1 Å². The maximum atomic E-state index is 11.9. The van der Waals surface area contributed by atoms with Crippen LogP contribution < -0.4 is 15.4 Å². The van der Waals surface area contributed by atoms with Crippen LogP contribution in [0.5, 0.6) is 11.6 Å². The summed E-state index contributed by atoms with van der Waals surface area (Å²) in [5.74, 6) is -0.665. The zero-order chi connectivity index (χ0) is 30.8. The fourth-order valence-corrected chi connectivity index (χ4v) is 6.71. The normalized spacial score (nSPS) is 19.5. The second-order valence-electron chi connectivity index (χ2n) is 11.9. The highest BCUT2D eigenvalue weighted by Gasteiger charge is 2.34. The number of piperidine rings is 2. The van der Waals surface area contributed by atoms with E-state index in [1.54, 1.807) is 6.07 Å².